The fraction of sp³-hybridized carbons (Fsp3) is 0.528. The summed E-state index contributed by atoms with van der Waals surface area (Å²) >= 11 is 1.56. The topological polar surface area (TPSA) is 320 Å². The molecule has 26 heteroatoms. The number of aromatic nitrogens is 6. The van der Waals surface area contributed by atoms with Crippen molar-refractivity contribution < 1.29 is 52.6 Å². The highest BCUT2D eigenvalue weighted by atomic mass is 32.1. The van der Waals surface area contributed by atoms with E-state index in [1.807, 2.05) is 71.2 Å². The molecule has 4 saturated carbocycles. The number of aromatic carboxylic acids is 1. The number of imide groups is 1. The summed E-state index contributed by atoms with van der Waals surface area (Å²) in [6, 6.07) is 16.9. The first kappa shape index (κ1) is 69.2. The van der Waals surface area contributed by atoms with Crippen LogP contribution >= 0.6 is 11.3 Å². The third kappa shape index (κ3) is 15.9. The van der Waals surface area contributed by atoms with Gasteiger partial charge in [0.2, 0.25) is 17.7 Å². The molecule has 3 aliphatic heterocycles. The zero-order chi connectivity index (χ0) is 69.0. The van der Waals surface area contributed by atoms with E-state index >= 15 is 0 Å². The zero-order valence-corrected chi connectivity index (χ0v) is 57.6. The first-order chi connectivity index (χ1) is 47.0. The molecule has 8 N–H and O–H groups in total. The number of pyridine rings is 1. The molecule has 0 spiro atoms. The van der Waals surface area contributed by atoms with E-state index in [4.69, 9.17) is 35.4 Å². The molecule has 4 bridgehead atoms. The number of para-hydroxylation sites is 1. The lowest BCUT2D eigenvalue weighted by Crippen LogP contribution is -2.64. The van der Waals surface area contributed by atoms with Crippen LogP contribution in [-0.2, 0) is 53.0 Å². The van der Waals surface area contributed by atoms with Crippen molar-refractivity contribution >= 4 is 91.4 Å². The van der Waals surface area contributed by atoms with Crippen molar-refractivity contribution in [1.82, 2.24) is 50.8 Å². The highest BCUT2D eigenvalue weighted by molar-refractivity contribution is 7.22. The van der Waals surface area contributed by atoms with Crippen molar-refractivity contribution in [2.45, 2.75) is 162 Å². The number of anilines is 5. The van der Waals surface area contributed by atoms with Crippen LogP contribution in [0.5, 0.6) is 0 Å². The Morgan fingerprint density at radius 2 is 1.57 bits per heavy atom. The number of urea groups is 1. The Balaban J connectivity index is 0.675. The number of nitrogens with two attached hydrogens (primary N) is 1. The average molecular weight is 1360 g/mol. The van der Waals surface area contributed by atoms with Gasteiger partial charge in [0, 0.05) is 77.9 Å². The molecule has 13 rings (SSSR count). The number of amides is 7. The zero-order valence-electron chi connectivity index (χ0n) is 56.8. The predicted molar refractivity (Wildman–Crippen MR) is 371 cm³/mol. The Hall–Kier alpha value is -8.72. The van der Waals surface area contributed by atoms with Crippen LogP contribution in [0.15, 0.2) is 85.2 Å². The van der Waals surface area contributed by atoms with Gasteiger partial charge in [-0.25, -0.2) is 19.6 Å². The van der Waals surface area contributed by atoms with Gasteiger partial charge in [0.25, 0.3) is 11.8 Å². The maximum Gasteiger partial charge on any atom is 0.355 e. The molecule has 4 aromatic heterocycles. The predicted octanol–water partition coefficient (Wildman–Crippen LogP) is 9.25. The maximum atomic E-state index is 14.1. The number of ether oxygens (including phenoxy) is 2. The molecule has 2 aromatic carbocycles. The number of carboxylic acids is 1. The normalized spacial score (nSPS) is 23.0. The van der Waals surface area contributed by atoms with E-state index in [2.05, 4.69) is 57.7 Å². The number of carboxylic acid groups (broad SMARTS) is 1. The van der Waals surface area contributed by atoms with Gasteiger partial charge in [-0.2, -0.15) is 5.10 Å². The van der Waals surface area contributed by atoms with Gasteiger partial charge in [0.05, 0.1) is 61.5 Å². The van der Waals surface area contributed by atoms with E-state index in [9.17, 15) is 38.7 Å². The number of hydrogen-bond donors (Lipinski definition) is 7. The Bertz CT molecular complexity index is 3940. The van der Waals surface area contributed by atoms with Crippen molar-refractivity contribution in [1.29, 1.82) is 0 Å². The van der Waals surface area contributed by atoms with Gasteiger partial charge < -0.3 is 56.3 Å². The third-order valence-electron chi connectivity index (χ3n) is 20.8. The van der Waals surface area contributed by atoms with Gasteiger partial charge in [0.15, 0.2) is 22.5 Å². The second kappa shape index (κ2) is 29.0. The molecular weight excluding hydrogens is 1270 g/mol. The Morgan fingerprint density at radius 3 is 2.29 bits per heavy atom. The van der Waals surface area contributed by atoms with Crippen LogP contribution in [0.4, 0.5) is 33.1 Å². The summed E-state index contributed by atoms with van der Waals surface area (Å²) in [7, 11) is 0. The van der Waals surface area contributed by atoms with E-state index in [0.717, 1.165) is 132 Å². The molecule has 98 heavy (non-hydrogen) atoms. The minimum absolute atomic E-state index is 0.00667. The Morgan fingerprint density at radius 1 is 0.827 bits per heavy atom. The number of rotatable bonds is 29. The molecule has 0 radical (unpaired) electrons. The summed E-state index contributed by atoms with van der Waals surface area (Å²) in [5, 5.41) is 40.3. The van der Waals surface area contributed by atoms with E-state index < -0.39 is 53.6 Å². The van der Waals surface area contributed by atoms with Gasteiger partial charge in [0.1, 0.15) is 31.0 Å². The Labute approximate surface area is 575 Å². The van der Waals surface area contributed by atoms with E-state index in [0.29, 0.717) is 60.4 Å². The molecule has 7 aliphatic rings. The number of quaternary nitrogens is 1. The molecular formula is C72H92N15O10S+. The molecule has 2 unspecified atom stereocenters. The van der Waals surface area contributed by atoms with Gasteiger partial charge in [-0.3, -0.25) is 33.6 Å². The maximum absolute atomic E-state index is 14.1. The number of likely N-dealkylation sites (tertiary alicyclic amines) is 1. The van der Waals surface area contributed by atoms with Gasteiger partial charge in [-0.15, -0.1) is 10.2 Å². The number of benzene rings is 2. The molecule has 6 aromatic rings. The Kier molecular flexibility index (Phi) is 20.5. The first-order valence-corrected chi connectivity index (χ1v) is 35.5. The summed E-state index contributed by atoms with van der Waals surface area (Å²) in [5.41, 5.74) is 10.9. The number of thiazole rings is 1. The smallest absolute Gasteiger partial charge is 0.355 e. The molecule has 1 saturated heterocycles. The van der Waals surface area contributed by atoms with Crippen LogP contribution in [0.1, 0.15) is 145 Å². The fourth-order valence-electron chi connectivity index (χ4n) is 17.5. The van der Waals surface area contributed by atoms with Gasteiger partial charge in [-0.1, -0.05) is 63.3 Å². The molecule has 5 fully saturated rings. The van der Waals surface area contributed by atoms with Crippen molar-refractivity contribution in [2.75, 3.05) is 74.6 Å². The van der Waals surface area contributed by atoms with Crippen LogP contribution in [0, 0.1) is 29.1 Å². The molecule has 520 valence electrons. The van der Waals surface area contributed by atoms with E-state index in [1.165, 1.54) is 25.0 Å². The molecule has 7 heterocycles. The number of hydrogen-bond acceptors (Lipinski definition) is 17. The minimum Gasteiger partial charge on any atom is -0.476 e. The van der Waals surface area contributed by atoms with Crippen LogP contribution < -0.4 is 37.2 Å². The highest BCUT2D eigenvalue weighted by Crippen LogP contribution is 2.72. The summed E-state index contributed by atoms with van der Waals surface area (Å²) in [6.45, 7) is 16.5. The van der Waals surface area contributed by atoms with Crippen LogP contribution in [0.3, 0.4) is 0 Å². The lowest BCUT2D eigenvalue weighted by Gasteiger charge is -2.69. The number of primary amides is 1. The molecule has 6 atom stereocenters. The van der Waals surface area contributed by atoms with Crippen LogP contribution in [-0.4, -0.2) is 163 Å². The lowest BCUT2D eigenvalue weighted by molar-refractivity contribution is -0.940. The van der Waals surface area contributed by atoms with Crippen molar-refractivity contribution in [3.05, 3.63) is 108 Å². The SMILES string of the molecule is Cc1c(Nc2nc3ccccc3s2)nnc2c1CCCN2c1ccc(-c2cnn(CC34CC5(OCC[N+]6(Cc7ccc(NC(=O)[C@H](CCCNC(N)=O)NC(=O)[C@@H](NC(=O)CCOCCN8C(=O)C=CC8=O)C(C)C)cc7)CCCCCC6)C[C@](C)(C3)C[C@](C)(C4)C5)c2)c(C(=O)O)n1. The number of nitrogens with one attached hydrogen (secondary N) is 5. The van der Waals surface area contributed by atoms with Gasteiger partial charge in [-0.05, 0) is 155 Å². The van der Waals surface area contributed by atoms with E-state index in [1.54, 1.807) is 31.4 Å². The van der Waals surface area contributed by atoms with E-state index in [-0.39, 0.29) is 72.6 Å². The van der Waals surface area contributed by atoms with Gasteiger partial charge >= 0.3 is 12.0 Å². The molecule has 7 amide bonds. The van der Waals surface area contributed by atoms with Crippen molar-refractivity contribution in [2.24, 2.45) is 27.9 Å². The second-order valence-corrected chi connectivity index (χ2v) is 30.5. The van der Waals surface area contributed by atoms with Crippen molar-refractivity contribution in [3.63, 3.8) is 0 Å². The number of carbonyl (C=O) groups excluding carboxylic acids is 6. The number of nitrogens with zero attached hydrogens (tertiary/aromatic N) is 9. The van der Waals surface area contributed by atoms with Crippen LogP contribution in [0.2, 0.25) is 0 Å². The second-order valence-electron chi connectivity index (χ2n) is 29.4. The quantitative estimate of drug-likeness (QED) is 0.0131. The van der Waals surface area contributed by atoms with Crippen LogP contribution in [0.25, 0.3) is 21.3 Å². The largest absolute Gasteiger partial charge is 0.476 e. The lowest BCUT2D eigenvalue weighted by atomic mass is 9.39. The third-order valence-corrected chi connectivity index (χ3v) is 21.7. The monoisotopic (exact) mass is 1360 g/mol. The number of carbonyl (C=O) groups is 7. The standard InChI is InChI=1S/C72H91N15O10S/c1-46(2)60(80-57(88)26-33-96-34-29-86-58(89)24-25-59(86)90)65(92)77-54(16-12-27-74-67(73)95)64(91)76-50-20-18-48(19-21-50)38-87(30-10-6-7-11-31-87)32-35-97-72-42-69(4)39-70(5,43-72)41-71(40-69,44-72)45-84-37-49(36-75-84)52-22-23-56(79-61(52)66(93)94)85-28-13-14-51-47(3)62(82-83-63(51)85)81-68-78-53-15-8-9-17-55(53)98-68/h8-9,15,17-25,36-37,46,54,60H,6-7,10-14,16,26-35,38-45H2,1-5H3,(H7-,73,74,76,77,78,80,81,82,88,91,92,93,94,95)/p+1/t54-,60-,69-,70+,71?,72?/m0/s1. The highest BCUT2D eigenvalue weighted by Gasteiger charge is 2.66. The summed E-state index contributed by atoms with van der Waals surface area (Å²) in [5.74, 6) is -1.97. The molecule has 25 nitrogen and oxygen atoms in total. The minimum atomic E-state index is -1.12. The summed E-state index contributed by atoms with van der Waals surface area (Å²) in [4.78, 5) is 102. The fourth-order valence-corrected chi connectivity index (χ4v) is 18.4. The summed E-state index contributed by atoms with van der Waals surface area (Å²) in [6.07, 6.45) is 19.0. The number of fused-ring (bicyclic) bond motifs is 2. The average Bonchev–Trinajstić information content (AvgIpc) is 0.815. The molecule has 4 aliphatic carbocycles. The van der Waals surface area contributed by atoms with Crippen molar-refractivity contribution in [3.8, 4) is 11.1 Å². The first-order valence-electron chi connectivity index (χ1n) is 34.6. The summed E-state index contributed by atoms with van der Waals surface area (Å²) < 4.78 is 17.0.